The van der Waals surface area contributed by atoms with Gasteiger partial charge < -0.3 is 5.32 Å². The molecule has 2 aromatic rings. The fraction of sp³-hybridized carbons (Fsp3) is 0.357. The Bertz CT molecular complexity index is 523. The number of pyridine rings is 1. The molecule has 17 heavy (non-hydrogen) atoms. The zero-order valence-corrected chi connectivity index (χ0v) is 11.8. The summed E-state index contributed by atoms with van der Waals surface area (Å²) in [6.07, 6.45) is 2.09. The van der Waals surface area contributed by atoms with Gasteiger partial charge in [0.2, 0.25) is 0 Å². The van der Waals surface area contributed by atoms with Gasteiger partial charge in [-0.15, -0.1) is 0 Å². The molecular formula is C14H17BrN2. The van der Waals surface area contributed by atoms with Crippen LogP contribution in [0.2, 0.25) is 0 Å². The van der Waals surface area contributed by atoms with Crippen LogP contribution < -0.4 is 5.32 Å². The van der Waals surface area contributed by atoms with Gasteiger partial charge in [-0.25, -0.2) is 0 Å². The highest BCUT2D eigenvalue weighted by Crippen LogP contribution is 2.26. The van der Waals surface area contributed by atoms with Crippen LogP contribution in [-0.2, 0) is 6.42 Å². The average molecular weight is 293 g/mol. The van der Waals surface area contributed by atoms with Gasteiger partial charge >= 0.3 is 0 Å². The maximum absolute atomic E-state index is 4.64. The number of halogens is 1. The van der Waals surface area contributed by atoms with Gasteiger partial charge in [0.1, 0.15) is 0 Å². The second-order valence-electron chi connectivity index (χ2n) is 4.10. The van der Waals surface area contributed by atoms with E-state index in [0.29, 0.717) is 0 Å². The molecule has 2 nitrogen and oxygen atoms in total. The van der Waals surface area contributed by atoms with Crippen molar-refractivity contribution in [3.8, 4) is 0 Å². The summed E-state index contributed by atoms with van der Waals surface area (Å²) in [5.41, 5.74) is 3.39. The van der Waals surface area contributed by atoms with Crippen molar-refractivity contribution in [3.63, 3.8) is 0 Å². The van der Waals surface area contributed by atoms with Gasteiger partial charge in [-0.05, 0) is 37.1 Å². The van der Waals surface area contributed by atoms with Crippen LogP contribution in [0.15, 0.2) is 28.7 Å². The molecule has 0 fully saturated rings. The van der Waals surface area contributed by atoms with Crippen molar-refractivity contribution in [1.29, 1.82) is 0 Å². The van der Waals surface area contributed by atoms with E-state index in [1.54, 1.807) is 0 Å². The second kappa shape index (κ2) is 5.50. The summed E-state index contributed by atoms with van der Waals surface area (Å²) in [7, 11) is 0. The van der Waals surface area contributed by atoms with Gasteiger partial charge in [-0.3, -0.25) is 4.98 Å². The third-order valence-electron chi connectivity index (χ3n) is 2.75. The molecule has 0 spiro atoms. The lowest BCUT2D eigenvalue weighted by atomic mass is 10.1. The van der Waals surface area contributed by atoms with Gasteiger partial charge in [0.15, 0.2) is 0 Å². The Labute approximate surface area is 111 Å². The molecule has 0 aliphatic rings. The highest BCUT2D eigenvalue weighted by Gasteiger charge is 2.05. The Hall–Kier alpha value is -1.09. The van der Waals surface area contributed by atoms with Crippen LogP contribution in [0, 0.1) is 0 Å². The zero-order chi connectivity index (χ0) is 12.3. The van der Waals surface area contributed by atoms with Crippen LogP contribution in [0.1, 0.15) is 26.0 Å². The molecule has 0 saturated heterocycles. The van der Waals surface area contributed by atoms with E-state index in [2.05, 4.69) is 58.3 Å². The van der Waals surface area contributed by atoms with E-state index in [9.17, 15) is 0 Å². The molecule has 0 aliphatic heterocycles. The smallest absolute Gasteiger partial charge is 0.0726 e. The van der Waals surface area contributed by atoms with Crippen LogP contribution in [-0.4, -0.2) is 11.5 Å². The number of aryl methyl sites for hydroxylation is 1. The van der Waals surface area contributed by atoms with Crippen molar-refractivity contribution in [2.75, 3.05) is 11.9 Å². The minimum atomic E-state index is 0.965. The molecule has 3 heteroatoms. The maximum Gasteiger partial charge on any atom is 0.0726 e. The first kappa shape index (κ1) is 12.4. The lowest BCUT2D eigenvalue weighted by molar-refractivity contribution is 0.977. The molecule has 0 radical (unpaired) electrons. The molecule has 90 valence electrons. The van der Waals surface area contributed by atoms with Crippen molar-refractivity contribution >= 4 is 32.5 Å². The van der Waals surface area contributed by atoms with Crippen LogP contribution in [0.4, 0.5) is 5.69 Å². The SMILES string of the molecule is CCCNc1cc(CC)nc2ccc(Br)cc12. The molecule has 1 N–H and O–H groups in total. The molecule has 1 aromatic carbocycles. The maximum atomic E-state index is 4.64. The number of hydrogen-bond acceptors (Lipinski definition) is 2. The van der Waals surface area contributed by atoms with Crippen molar-refractivity contribution in [2.24, 2.45) is 0 Å². The third-order valence-corrected chi connectivity index (χ3v) is 3.24. The average Bonchev–Trinajstić information content (AvgIpc) is 2.35. The van der Waals surface area contributed by atoms with E-state index in [1.807, 2.05) is 6.07 Å². The number of rotatable bonds is 4. The van der Waals surface area contributed by atoms with Crippen molar-refractivity contribution in [3.05, 3.63) is 34.4 Å². The van der Waals surface area contributed by atoms with E-state index in [1.165, 1.54) is 11.1 Å². The zero-order valence-electron chi connectivity index (χ0n) is 10.3. The molecule has 0 amide bonds. The van der Waals surface area contributed by atoms with E-state index in [4.69, 9.17) is 0 Å². The molecule has 1 heterocycles. The highest BCUT2D eigenvalue weighted by molar-refractivity contribution is 9.10. The summed E-state index contributed by atoms with van der Waals surface area (Å²) in [4.78, 5) is 4.64. The van der Waals surface area contributed by atoms with Crippen LogP contribution >= 0.6 is 15.9 Å². The summed E-state index contributed by atoms with van der Waals surface area (Å²) in [5.74, 6) is 0. The Morgan fingerprint density at radius 3 is 2.76 bits per heavy atom. The summed E-state index contributed by atoms with van der Waals surface area (Å²) in [5, 5.41) is 4.66. The normalized spacial score (nSPS) is 10.8. The molecule has 0 bridgehead atoms. The van der Waals surface area contributed by atoms with E-state index >= 15 is 0 Å². The van der Waals surface area contributed by atoms with Gasteiger partial charge in [-0.1, -0.05) is 29.8 Å². The summed E-state index contributed by atoms with van der Waals surface area (Å²) < 4.78 is 1.09. The summed E-state index contributed by atoms with van der Waals surface area (Å²) in [6, 6.07) is 8.39. The van der Waals surface area contributed by atoms with E-state index in [-0.39, 0.29) is 0 Å². The van der Waals surface area contributed by atoms with Crippen LogP contribution in [0.5, 0.6) is 0 Å². The molecule has 1 aromatic heterocycles. The Kier molecular flexibility index (Phi) is 4.00. The van der Waals surface area contributed by atoms with Gasteiger partial charge in [0.25, 0.3) is 0 Å². The minimum Gasteiger partial charge on any atom is -0.384 e. The molecule has 2 rings (SSSR count). The molecular weight excluding hydrogens is 276 g/mol. The number of nitrogens with zero attached hydrogens (tertiary/aromatic N) is 1. The number of nitrogens with one attached hydrogen (secondary N) is 1. The lowest BCUT2D eigenvalue weighted by Crippen LogP contribution is -2.02. The Morgan fingerprint density at radius 2 is 2.06 bits per heavy atom. The Balaban J connectivity index is 2.55. The molecule has 0 atom stereocenters. The third kappa shape index (κ3) is 2.78. The largest absolute Gasteiger partial charge is 0.384 e. The predicted molar refractivity (Wildman–Crippen MR) is 77.6 cm³/mol. The van der Waals surface area contributed by atoms with Crippen LogP contribution in [0.3, 0.4) is 0 Å². The van der Waals surface area contributed by atoms with Gasteiger partial charge in [0, 0.05) is 27.8 Å². The first-order valence-electron chi connectivity index (χ1n) is 6.07. The molecule has 0 aliphatic carbocycles. The monoisotopic (exact) mass is 292 g/mol. The van der Waals surface area contributed by atoms with Crippen molar-refractivity contribution in [1.82, 2.24) is 4.98 Å². The first-order valence-corrected chi connectivity index (χ1v) is 6.87. The van der Waals surface area contributed by atoms with Gasteiger partial charge in [-0.2, -0.15) is 0 Å². The molecule has 0 saturated carbocycles. The van der Waals surface area contributed by atoms with E-state index in [0.717, 1.165) is 35.1 Å². The first-order chi connectivity index (χ1) is 8.24. The van der Waals surface area contributed by atoms with Crippen LogP contribution in [0.25, 0.3) is 10.9 Å². The summed E-state index contributed by atoms with van der Waals surface area (Å²) >= 11 is 3.51. The fourth-order valence-corrected chi connectivity index (χ4v) is 2.20. The quantitative estimate of drug-likeness (QED) is 0.904. The number of anilines is 1. The molecule has 0 unspecified atom stereocenters. The highest BCUT2D eigenvalue weighted by atomic mass is 79.9. The van der Waals surface area contributed by atoms with Crippen molar-refractivity contribution < 1.29 is 0 Å². The topological polar surface area (TPSA) is 24.9 Å². The minimum absolute atomic E-state index is 0.965. The number of benzene rings is 1. The standard InChI is InChI=1S/C14H17BrN2/c1-3-7-16-14-9-11(4-2)17-13-6-5-10(15)8-12(13)14/h5-6,8-9H,3-4,7H2,1-2H3,(H,16,17). The second-order valence-corrected chi connectivity index (χ2v) is 5.02. The number of aromatic nitrogens is 1. The van der Waals surface area contributed by atoms with Crippen molar-refractivity contribution in [2.45, 2.75) is 26.7 Å². The van der Waals surface area contributed by atoms with E-state index < -0.39 is 0 Å². The summed E-state index contributed by atoms with van der Waals surface area (Å²) in [6.45, 7) is 5.30. The predicted octanol–water partition coefficient (Wildman–Crippen LogP) is 4.38. The lowest BCUT2D eigenvalue weighted by Gasteiger charge is -2.11. The number of fused-ring (bicyclic) bond motifs is 1. The number of hydrogen-bond donors (Lipinski definition) is 1. The Morgan fingerprint density at radius 1 is 1.24 bits per heavy atom. The van der Waals surface area contributed by atoms with Gasteiger partial charge in [0.05, 0.1) is 5.52 Å². The fourth-order valence-electron chi connectivity index (χ4n) is 1.84.